The fourth-order valence-electron chi connectivity index (χ4n) is 2.57. The van der Waals surface area contributed by atoms with E-state index >= 15 is 0 Å². The van der Waals surface area contributed by atoms with Gasteiger partial charge in [-0.25, -0.2) is 4.98 Å². The van der Waals surface area contributed by atoms with Gasteiger partial charge < -0.3 is 5.32 Å². The smallest absolute Gasteiger partial charge is 0.0900 e. The average molecular weight is 361 g/mol. The summed E-state index contributed by atoms with van der Waals surface area (Å²) in [5, 5.41) is 7.19. The lowest BCUT2D eigenvalue weighted by Gasteiger charge is -2.15. The molecular weight excluding hydrogens is 344 g/mol. The number of aryl methyl sites for hydroxylation is 2. The molecule has 0 fully saturated rings. The standard InChI is InChI=1S/C17H17BrN2S/c1-10-17(21-12(3)19-10)11(2)20-16-7-5-13-8-15(18)6-4-14(13)9-16/h4-9,11,20H,1-3H3. The highest BCUT2D eigenvalue weighted by atomic mass is 79.9. The van der Waals surface area contributed by atoms with E-state index in [1.54, 1.807) is 11.3 Å². The lowest BCUT2D eigenvalue weighted by Crippen LogP contribution is -2.06. The van der Waals surface area contributed by atoms with E-state index in [4.69, 9.17) is 0 Å². The highest BCUT2D eigenvalue weighted by Crippen LogP contribution is 2.29. The highest BCUT2D eigenvalue weighted by Gasteiger charge is 2.12. The molecule has 0 saturated heterocycles. The molecule has 0 radical (unpaired) electrons. The minimum atomic E-state index is 0.268. The van der Waals surface area contributed by atoms with E-state index in [1.807, 2.05) is 0 Å². The summed E-state index contributed by atoms with van der Waals surface area (Å²) in [7, 11) is 0. The van der Waals surface area contributed by atoms with Gasteiger partial charge in [0, 0.05) is 15.0 Å². The zero-order valence-electron chi connectivity index (χ0n) is 12.3. The topological polar surface area (TPSA) is 24.9 Å². The van der Waals surface area contributed by atoms with Gasteiger partial charge in [0.25, 0.3) is 0 Å². The summed E-state index contributed by atoms with van der Waals surface area (Å²) in [5.74, 6) is 0. The van der Waals surface area contributed by atoms with Crippen LogP contribution >= 0.6 is 27.3 Å². The van der Waals surface area contributed by atoms with Crippen molar-refractivity contribution in [3.05, 3.63) is 56.4 Å². The van der Waals surface area contributed by atoms with E-state index in [-0.39, 0.29) is 6.04 Å². The number of nitrogens with zero attached hydrogens (tertiary/aromatic N) is 1. The first-order valence-electron chi connectivity index (χ1n) is 6.93. The SMILES string of the molecule is Cc1nc(C)c(C(C)Nc2ccc3cc(Br)ccc3c2)s1. The normalized spacial score (nSPS) is 12.6. The van der Waals surface area contributed by atoms with Gasteiger partial charge >= 0.3 is 0 Å². The fourth-order valence-corrected chi connectivity index (χ4v) is 3.88. The average Bonchev–Trinajstić information content (AvgIpc) is 2.78. The molecule has 1 unspecified atom stereocenters. The summed E-state index contributed by atoms with van der Waals surface area (Å²) in [6, 6.07) is 13.1. The zero-order valence-corrected chi connectivity index (χ0v) is 14.7. The van der Waals surface area contributed by atoms with E-state index in [1.165, 1.54) is 15.6 Å². The quantitative estimate of drug-likeness (QED) is 0.633. The Hall–Kier alpha value is -1.39. The molecule has 108 valence electrons. The lowest BCUT2D eigenvalue weighted by molar-refractivity contribution is 0.890. The zero-order chi connectivity index (χ0) is 15.0. The largest absolute Gasteiger partial charge is 0.378 e. The third-order valence-electron chi connectivity index (χ3n) is 3.52. The van der Waals surface area contributed by atoms with Crippen molar-refractivity contribution in [3.8, 4) is 0 Å². The summed E-state index contributed by atoms with van der Waals surface area (Å²) in [4.78, 5) is 5.82. The maximum absolute atomic E-state index is 4.51. The van der Waals surface area contributed by atoms with E-state index < -0.39 is 0 Å². The van der Waals surface area contributed by atoms with Crippen LogP contribution in [0.5, 0.6) is 0 Å². The van der Waals surface area contributed by atoms with Crippen molar-refractivity contribution < 1.29 is 0 Å². The van der Waals surface area contributed by atoms with Crippen LogP contribution in [0.4, 0.5) is 5.69 Å². The van der Waals surface area contributed by atoms with Crippen LogP contribution in [-0.2, 0) is 0 Å². The van der Waals surface area contributed by atoms with Crippen LogP contribution < -0.4 is 5.32 Å². The Bertz CT molecular complexity index is 795. The second-order valence-corrected chi connectivity index (χ2v) is 7.41. The summed E-state index contributed by atoms with van der Waals surface area (Å²) in [5.41, 5.74) is 2.27. The van der Waals surface area contributed by atoms with E-state index in [9.17, 15) is 0 Å². The van der Waals surface area contributed by atoms with E-state index in [2.05, 4.69) is 83.4 Å². The molecule has 0 aliphatic heterocycles. The minimum Gasteiger partial charge on any atom is -0.378 e. The third kappa shape index (κ3) is 3.11. The molecule has 1 heterocycles. The monoisotopic (exact) mass is 360 g/mol. The van der Waals surface area contributed by atoms with Crippen molar-refractivity contribution in [3.63, 3.8) is 0 Å². The Morgan fingerprint density at radius 3 is 2.52 bits per heavy atom. The number of thiazole rings is 1. The van der Waals surface area contributed by atoms with Crippen molar-refractivity contribution in [1.82, 2.24) is 4.98 Å². The molecule has 2 nitrogen and oxygen atoms in total. The molecule has 2 aromatic carbocycles. The Labute approximate surface area is 137 Å². The fraction of sp³-hybridized carbons (Fsp3) is 0.235. The predicted molar refractivity (Wildman–Crippen MR) is 95.3 cm³/mol. The number of benzene rings is 2. The maximum Gasteiger partial charge on any atom is 0.0900 e. The Kier molecular flexibility index (Phi) is 4.00. The summed E-state index contributed by atoms with van der Waals surface area (Å²) < 4.78 is 1.11. The second kappa shape index (κ2) is 5.78. The van der Waals surface area contributed by atoms with Crippen molar-refractivity contribution in [2.24, 2.45) is 0 Å². The van der Waals surface area contributed by atoms with Gasteiger partial charge in [0.2, 0.25) is 0 Å². The number of aromatic nitrogens is 1. The first-order chi connectivity index (χ1) is 10.0. The second-order valence-electron chi connectivity index (χ2n) is 5.25. The Balaban J connectivity index is 1.87. The summed E-state index contributed by atoms with van der Waals surface area (Å²) in [6.45, 7) is 6.32. The van der Waals surface area contributed by atoms with Crippen molar-refractivity contribution in [2.75, 3.05) is 5.32 Å². The predicted octanol–water partition coefficient (Wildman–Crippen LogP) is 5.85. The van der Waals surface area contributed by atoms with Crippen molar-refractivity contribution in [2.45, 2.75) is 26.8 Å². The molecule has 3 aromatic rings. The van der Waals surface area contributed by atoms with Gasteiger partial charge in [0.05, 0.1) is 16.7 Å². The van der Waals surface area contributed by atoms with Crippen LogP contribution in [0.25, 0.3) is 10.8 Å². The maximum atomic E-state index is 4.51. The molecule has 1 N–H and O–H groups in total. The van der Waals surface area contributed by atoms with Crippen LogP contribution in [-0.4, -0.2) is 4.98 Å². The molecule has 0 saturated carbocycles. The van der Waals surface area contributed by atoms with Crippen molar-refractivity contribution in [1.29, 1.82) is 0 Å². The number of halogens is 1. The molecule has 21 heavy (non-hydrogen) atoms. The van der Waals surface area contributed by atoms with Gasteiger partial charge in [-0.1, -0.05) is 28.1 Å². The molecule has 0 aliphatic rings. The van der Waals surface area contributed by atoms with Crippen LogP contribution in [0, 0.1) is 13.8 Å². The molecule has 4 heteroatoms. The van der Waals surface area contributed by atoms with Gasteiger partial charge in [-0.05, 0) is 55.8 Å². The van der Waals surface area contributed by atoms with Crippen LogP contribution in [0.3, 0.4) is 0 Å². The minimum absolute atomic E-state index is 0.268. The molecule has 3 rings (SSSR count). The van der Waals surface area contributed by atoms with Gasteiger partial charge in [-0.15, -0.1) is 11.3 Å². The summed E-state index contributed by atoms with van der Waals surface area (Å²) >= 11 is 5.28. The molecule has 0 amide bonds. The number of hydrogen-bond donors (Lipinski definition) is 1. The third-order valence-corrected chi connectivity index (χ3v) is 5.27. The Morgan fingerprint density at radius 1 is 1.10 bits per heavy atom. The van der Waals surface area contributed by atoms with Crippen LogP contribution in [0.15, 0.2) is 40.9 Å². The molecular formula is C17H17BrN2S. The first kappa shape index (κ1) is 14.5. The number of fused-ring (bicyclic) bond motifs is 1. The molecule has 0 aliphatic carbocycles. The molecule has 0 spiro atoms. The van der Waals surface area contributed by atoms with Crippen molar-refractivity contribution >= 4 is 43.7 Å². The van der Waals surface area contributed by atoms with Gasteiger partial charge in [-0.3, -0.25) is 0 Å². The van der Waals surface area contributed by atoms with Crippen LogP contribution in [0.2, 0.25) is 0 Å². The molecule has 0 bridgehead atoms. The van der Waals surface area contributed by atoms with E-state index in [0.717, 1.165) is 20.9 Å². The summed E-state index contributed by atoms with van der Waals surface area (Å²) in [6.07, 6.45) is 0. The number of hydrogen-bond acceptors (Lipinski definition) is 3. The number of anilines is 1. The Morgan fingerprint density at radius 2 is 1.81 bits per heavy atom. The van der Waals surface area contributed by atoms with Crippen LogP contribution in [0.1, 0.15) is 28.5 Å². The lowest BCUT2D eigenvalue weighted by atomic mass is 10.1. The van der Waals surface area contributed by atoms with Gasteiger partial charge in [0.15, 0.2) is 0 Å². The number of rotatable bonds is 3. The molecule has 1 aromatic heterocycles. The van der Waals surface area contributed by atoms with Gasteiger partial charge in [0.1, 0.15) is 0 Å². The van der Waals surface area contributed by atoms with E-state index in [0.29, 0.717) is 0 Å². The van der Waals surface area contributed by atoms with Gasteiger partial charge in [-0.2, -0.15) is 0 Å². The highest BCUT2D eigenvalue weighted by molar-refractivity contribution is 9.10. The first-order valence-corrected chi connectivity index (χ1v) is 8.53. The number of nitrogens with one attached hydrogen (secondary N) is 1. The molecule has 1 atom stereocenters.